The number of nitrogens with one attached hydrogen (secondary N) is 1. The number of nitrogens with zero attached hydrogens (tertiary/aromatic N) is 2. The standard InChI is InChI=1S/C13H14BrFN4O/c1-2-3-11-17-12(19-16)7-13(18-11)20-8-4-5-9(14)10(15)6-8/h4-7H,2-3,16H2,1H3,(H,17,18,19). The van der Waals surface area contributed by atoms with Crippen molar-refractivity contribution in [2.24, 2.45) is 5.84 Å². The first kappa shape index (κ1) is 14.7. The summed E-state index contributed by atoms with van der Waals surface area (Å²) in [6, 6.07) is 6.05. The number of aryl methyl sites for hydroxylation is 1. The molecule has 0 atom stereocenters. The van der Waals surface area contributed by atoms with E-state index in [1.165, 1.54) is 6.07 Å². The fraction of sp³-hybridized carbons (Fsp3) is 0.231. The lowest BCUT2D eigenvalue weighted by molar-refractivity contribution is 0.453. The monoisotopic (exact) mass is 340 g/mol. The molecule has 0 aliphatic carbocycles. The molecular formula is C13H14BrFN4O. The van der Waals surface area contributed by atoms with Crippen LogP contribution >= 0.6 is 15.9 Å². The summed E-state index contributed by atoms with van der Waals surface area (Å²) in [5.74, 6) is 6.71. The number of rotatable bonds is 5. The molecule has 0 saturated heterocycles. The molecule has 0 bridgehead atoms. The molecule has 1 heterocycles. The van der Waals surface area contributed by atoms with E-state index in [-0.39, 0.29) is 0 Å². The van der Waals surface area contributed by atoms with Crippen LogP contribution in [0.1, 0.15) is 19.2 Å². The second kappa shape index (κ2) is 6.62. The van der Waals surface area contributed by atoms with Crippen molar-refractivity contribution in [3.63, 3.8) is 0 Å². The molecule has 0 radical (unpaired) electrons. The van der Waals surface area contributed by atoms with Crippen LogP contribution < -0.4 is 16.0 Å². The summed E-state index contributed by atoms with van der Waals surface area (Å²) in [6.07, 6.45) is 1.61. The first-order valence-corrected chi connectivity index (χ1v) is 6.89. The van der Waals surface area contributed by atoms with Gasteiger partial charge in [-0.05, 0) is 34.5 Å². The second-order valence-electron chi connectivity index (χ2n) is 4.08. The lowest BCUT2D eigenvalue weighted by atomic mass is 10.3. The number of benzene rings is 1. The number of nitrogens with two attached hydrogens (primary N) is 1. The third-order valence-corrected chi connectivity index (χ3v) is 3.13. The number of hydrogen-bond donors (Lipinski definition) is 2. The van der Waals surface area contributed by atoms with Gasteiger partial charge in [0.25, 0.3) is 0 Å². The minimum atomic E-state index is -0.400. The van der Waals surface area contributed by atoms with Crippen molar-refractivity contribution in [2.45, 2.75) is 19.8 Å². The van der Waals surface area contributed by atoms with Gasteiger partial charge in [0.2, 0.25) is 5.88 Å². The number of halogens is 2. The van der Waals surface area contributed by atoms with Gasteiger partial charge in [-0.25, -0.2) is 15.2 Å². The van der Waals surface area contributed by atoms with Crippen molar-refractivity contribution in [3.05, 3.63) is 40.4 Å². The zero-order valence-corrected chi connectivity index (χ0v) is 12.4. The molecule has 0 aliphatic heterocycles. The lowest BCUT2D eigenvalue weighted by Crippen LogP contribution is -2.10. The molecule has 106 valence electrons. The zero-order chi connectivity index (χ0) is 14.5. The Morgan fingerprint density at radius 1 is 1.35 bits per heavy atom. The van der Waals surface area contributed by atoms with E-state index in [1.54, 1.807) is 18.2 Å². The van der Waals surface area contributed by atoms with Gasteiger partial charge >= 0.3 is 0 Å². The molecule has 3 N–H and O–H groups in total. The average molecular weight is 341 g/mol. The van der Waals surface area contributed by atoms with E-state index in [0.717, 1.165) is 6.42 Å². The van der Waals surface area contributed by atoms with Crippen LogP contribution in [0.25, 0.3) is 0 Å². The third-order valence-electron chi connectivity index (χ3n) is 2.48. The molecule has 0 amide bonds. The fourth-order valence-electron chi connectivity index (χ4n) is 1.60. The van der Waals surface area contributed by atoms with Gasteiger partial charge in [-0.3, -0.25) is 0 Å². The number of hydrazine groups is 1. The molecule has 5 nitrogen and oxygen atoms in total. The molecule has 7 heteroatoms. The second-order valence-corrected chi connectivity index (χ2v) is 4.93. The minimum absolute atomic E-state index is 0.318. The summed E-state index contributed by atoms with van der Waals surface area (Å²) in [7, 11) is 0. The Labute approximate surface area is 124 Å². The molecule has 1 aromatic carbocycles. The summed E-state index contributed by atoms with van der Waals surface area (Å²) >= 11 is 3.09. The Hall–Kier alpha value is -1.73. The molecular weight excluding hydrogens is 327 g/mol. The van der Waals surface area contributed by atoms with Crippen molar-refractivity contribution >= 4 is 21.7 Å². The number of aromatic nitrogens is 2. The summed E-state index contributed by atoms with van der Waals surface area (Å²) in [5, 5.41) is 0. The van der Waals surface area contributed by atoms with Crippen molar-refractivity contribution in [3.8, 4) is 11.6 Å². The highest BCUT2D eigenvalue weighted by Crippen LogP contribution is 2.25. The normalized spacial score (nSPS) is 10.4. The van der Waals surface area contributed by atoms with Gasteiger partial charge in [-0.15, -0.1) is 0 Å². The minimum Gasteiger partial charge on any atom is -0.439 e. The van der Waals surface area contributed by atoms with Gasteiger partial charge in [-0.1, -0.05) is 6.92 Å². The summed E-state index contributed by atoms with van der Waals surface area (Å²) < 4.78 is 19.3. The van der Waals surface area contributed by atoms with Crippen molar-refractivity contribution in [2.75, 3.05) is 5.43 Å². The smallest absolute Gasteiger partial charge is 0.224 e. The fourth-order valence-corrected chi connectivity index (χ4v) is 1.84. The Kier molecular flexibility index (Phi) is 4.86. The van der Waals surface area contributed by atoms with Gasteiger partial charge in [0, 0.05) is 18.6 Å². The van der Waals surface area contributed by atoms with Crippen LogP contribution in [0, 0.1) is 5.82 Å². The van der Waals surface area contributed by atoms with Crippen LogP contribution in [0.3, 0.4) is 0 Å². The molecule has 0 unspecified atom stereocenters. The molecule has 0 fully saturated rings. The highest BCUT2D eigenvalue weighted by atomic mass is 79.9. The Morgan fingerprint density at radius 3 is 2.80 bits per heavy atom. The predicted octanol–water partition coefficient (Wildman–Crippen LogP) is 3.41. The van der Waals surface area contributed by atoms with E-state index in [4.69, 9.17) is 10.6 Å². The highest BCUT2D eigenvalue weighted by Gasteiger charge is 2.07. The summed E-state index contributed by atoms with van der Waals surface area (Å²) in [5.41, 5.74) is 2.46. The highest BCUT2D eigenvalue weighted by molar-refractivity contribution is 9.10. The third kappa shape index (κ3) is 3.64. The van der Waals surface area contributed by atoms with Crippen molar-refractivity contribution in [1.29, 1.82) is 0 Å². The van der Waals surface area contributed by atoms with E-state index in [1.807, 2.05) is 6.92 Å². The van der Waals surface area contributed by atoms with Crippen LogP contribution in [0.15, 0.2) is 28.7 Å². The maximum atomic E-state index is 13.4. The number of nitrogen functional groups attached to an aromatic ring is 1. The molecule has 2 rings (SSSR count). The van der Waals surface area contributed by atoms with E-state index < -0.39 is 5.82 Å². The Balaban J connectivity index is 2.27. The van der Waals surface area contributed by atoms with Crippen molar-refractivity contribution < 1.29 is 9.13 Å². The van der Waals surface area contributed by atoms with Crippen molar-refractivity contribution in [1.82, 2.24) is 9.97 Å². The first-order valence-electron chi connectivity index (χ1n) is 6.10. The van der Waals surface area contributed by atoms with Crippen LogP contribution in [0.5, 0.6) is 11.6 Å². The molecule has 1 aromatic heterocycles. The molecule has 20 heavy (non-hydrogen) atoms. The first-order chi connectivity index (χ1) is 9.62. The van der Waals surface area contributed by atoms with Crippen LogP contribution in [0.4, 0.5) is 10.2 Å². The largest absolute Gasteiger partial charge is 0.439 e. The number of anilines is 1. The van der Waals surface area contributed by atoms with Crippen LogP contribution in [-0.4, -0.2) is 9.97 Å². The van der Waals surface area contributed by atoms with Gasteiger partial charge < -0.3 is 10.2 Å². The molecule has 0 aliphatic rings. The maximum absolute atomic E-state index is 13.4. The average Bonchev–Trinajstić information content (AvgIpc) is 2.43. The Morgan fingerprint density at radius 2 is 2.15 bits per heavy atom. The molecule has 0 spiro atoms. The SMILES string of the molecule is CCCc1nc(NN)cc(Oc2ccc(Br)c(F)c2)n1. The quantitative estimate of drug-likeness (QED) is 0.644. The summed E-state index contributed by atoms with van der Waals surface area (Å²) in [4.78, 5) is 8.46. The van der Waals surface area contributed by atoms with E-state index >= 15 is 0 Å². The molecule has 2 aromatic rings. The van der Waals surface area contributed by atoms with Gasteiger partial charge in [0.1, 0.15) is 23.2 Å². The lowest BCUT2D eigenvalue weighted by Gasteiger charge is -2.09. The number of ether oxygens (including phenoxy) is 1. The zero-order valence-electron chi connectivity index (χ0n) is 10.9. The predicted molar refractivity (Wildman–Crippen MR) is 78.0 cm³/mol. The molecule has 0 saturated carbocycles. The Bertz CT molecular complexity index is 609. The maximum Gasteiger partial charge on any atom is 0.224 e. The van der Waals surface area contributed by atoms with Gasteiger partial charge in [-0.2, -0.15) is 4.98 Å². The van der Waals surface area contributed by atoms with E-state index in [0.29, 0.717) is 34.2 Å². The van der Waals surface area contributed by atoms with E-state index in [2.05, 4.69) is 31.3 Å². The van der Waals surface area contributed by atoms with Gasteiger partial charge in [0.05, 0.1) is 4.47 Å². The van der Waals surface area contributed by atoms with E-state index in [9.17, 15) is 4.39 Å². The number of hydrogen-bond acceptors (Lipinski definition) is 5. The van der Waals surface area contributed by atoms with Crippen LogP contribution in [0.2, 0.25) is 0 Å². The van der Waals surface area contributed by atoms with Gasteiger partial charge in [0.15, 0.2) is 0 Å². The summed E-state index contributed by atoms with van der Waals surface area (Å²) in [6.45, 7) is 2.02. The topological polar surface area (TPSA) is 73.1 Å². The van der Waals surface area contributed by atoms with Crippen LogP contribution in [-0.2, 0) is 6.42 Å².